The first-order valence-corrected chi connectivity index (χ1v) is 5.90. The van der Waals surface area contributed by atoms with Gasteiger partial charge in [0.2, 0.25) is 0 Å². The molecule has 0 amide bonds. The largest absolute Gasteiger partial charge is 0.494 e. The molecule has 0 aliphatic heterocycles. The molecule has 0 aliphatic carbocycles. The number of anilines is 1. The van der Waals surface area contributed by atoms with E-state index in [9.17, 15) is 4.79 Å². The second kappa shape index (κ2) is 5.91. The molecule has 0 saturated heterocycles. The molecular formula is C14H16N2O2. The molecule has 4 nitrogen and oxygen atoms in total. The van der Waals surface area contributed by atoms with Gasteiger partial charge in [-0.15, -0.1) is 0 Å². The Morgan fingerprint density at radius 1 is 1.11 bits per heavy atom. The van der Waals surface area contributed by atoms with Crippen LogP contribution in [0.2, 0.25) is 0 Å². The number of hydrogen-bond donors (Lipinski definition) is 1. The number of ether oxygens (including phenoxy) is 1. The van der Waals surface area contributed by atoms with Crippen molar-refractivity contribution >= 4 is 5.69 Å². The number of aryl methyl sites for hydroxylation is 1. The number of nitrogens with two attached hydrogens (primary N) is 1. The summed E-state index contributed by atoms with van der Waals surface area (Å²) in [7, 11) is 0. The van der Waals surface area contributed by atoms with Gasteiger partial charge in [-0.25, -0.2) is 0 Å². The first-order chi connectivity index (χ1) is 8.77. The monoisotopic (exact) mass is 244 g/mol. The van der Waals surface area contributed by atoms with Gasteiger partial charge in [-0.1, -0.05) is 18.2 Å². The zero-order chi connectivity index (χ0) is 12.8. The van der Waals surface area contributed by atoms with Gasteiger partial charge in [0.05, 0.1) is 12.3 Å². The van der Waals surface area contributed by atoms with E-state index in [0.29, 0.717) is 13.2 Å². The van der Waals surface area contributed by atoms with E-state index in [1.807, 2.05) is 30.3 Å². The predicted molar refractivity (Wildman–Crippen MR) is 71.7 cm³/mol. The molecule has 0 unspecified atom stereocenters. The maximum Gasteiger partial charge on any atom is 0.273 e. The number of hydrogen-bond acceptors (Lipinski definition) is 3. The molecule has 1 heterocycles. The first-order valence-electron chi connectivity index (χ1n) is 5.90. The molecule has 0 atom stereocenters. The van der Waals surface area contributed by atoms with Gasteiger partial charge in [0.25, 0.3) is 5.56 Å². The molecular weight excluding hydrogens is 228 g/mol. The summed E-state index contributed by atoms with van der Waals surface area (Å²) in [5.74, 6) is 0.845. The van der Waals surface area contributed by atoms with Crippen LogP contribution in [0.15, 0.2) is 53.5 Å². The third kappa shape index (κ3) is 3.13. The lowest BCUT2D eigenvalue weighted by molar-refractivity contribution is 0.301. The van der Waals surface area contributed by atoms with Crippen LogP contribution in [0.3, 0.4) is 0 Å². The fourth-order valence-corrected chi connectivity index (χ4v) is 1.67. The fraction of sp³-hybridized carbons (Fsp3) is 0.214. The van der Waals surface area contributed by atoms with Gasteiger partial charge in [0.1, 0.15) is 5.75 Å². The molecule has 18 heavy (non-hydrogen) atoms. The Morgan fingerprint density at radius 3 is 2.67 bits per heavy atom. The molecule has 0 fully saturated rings. The average Bonchev–Trinajstić information content (AvgIpc) is 2.40. The van der Waals surface area contributed by atoms with E-state index in [0.717, 1.165) is 12.2 Å². The molecule has 2 aromatic rings. The standard InChI is InChI=1S/C14H16N2O2/c15-13-8-4-9-16(14(13)17)10-5-11-18-12-6-2-1-3-7-12/h1-4,6-9H,5,10-11,15H2. The van der Waals surface area contributed by atoms with Gasteiger partial charge in [-0.05, 0) is 30.7 Å². The van der Waals surface area contributed by atoms with Crippen molar-refractivity contribution in [2.75, 3.05) is 12.3 Å². The Kier molecular flexibility index (Phi) is 4.02. The molecule has 2 N–H and O–H groups in total. The number of benzene rings is 1. The van der Waals surface area contributed by atoms with Crippen LogP contribution in [0.5, 0.6) is 5.75 Å². The zero-order valence-electron chi connectivity index (χ0n) is 10.1. The average molecular weight is 244 g/mol. The van der Waals surface area contributed by atoms with Crippen LogP contribution in [0.25, 0.3) is 0 Å². The Bertz CT molecular complexity index is 549. The summed E-state index contributed by atoms with van der Waals surface area (Å²) in [6.07, 6.45) is 2.50. The highest BCUT2D eigenvalue weighted by molar-refractivity contribution is 5.33. The molecule has 0 radical (unpaired) electrons. The van der Waals surface area contributed by atoms with Crippen molar-refractivity contribution in [3.05, 3.63) is 59.0 Å². The molecule has 94 valence electrons. The maximum absolute atomic E-state index is 11.6. The molecule has 0 aliphatic rings. The SMILES string of the molecule is Nc1cccn(CCCOc2ccccc2)c1=O. The normalized spacial score (nSPS) is 10.2. The minimum absolute atomic E-state index is 0.141. The number of para-hydroxylation sites is 1. The molecule has 0 saturated carbocycles. The van der Waals surface area contributed by atoms with Crippen molar-refractivity contribution < 1.29 is 4.74 Å². The van der Waals surface area contributed by atoms with Crippen LogP contribution < -0.4 is 16.0 Å². The van der Waals surface area contributed by atoms with Crippen LogP contribution >= 0.6 is 0 Å². The van der Waals surface area contributed by atoms with E-state index in [2.05, 4.69) is 0 Å². The van der Waals surface area contributed by atoms with Crippen molar-refractivity contribution in [2.24, 2.45) is 0 Å². The molecule has 4 heteroatoms. The highest BCUT2D eigenvalue weighted by atomic mass is 16.5. The predicted octanol–water partition coefficient (Wildman–Crippen LogP) is 1.90. The maximum atomic E-state index is 11.6. The van der Waals surface area contributed by atoms with Crippen molar-refractivity contribution in [1.29, 1.82) is 0 Å². The van der Waals surface area contributed by atoms with Crippen LogP contribution in [0.4, 0.5) is 5.69 Å². The van der Waals surface area contributed by atoms with E-state index >= 15 is 0 Å². The van der Waals surface area contributed by atoms with Crippen LogP contribution in [-0.2, 0) is 6.54 Å². The van der Waals surface area contributed by atoms with Crippen LogP contribution in [-0.4, -0.2) is 11.2 Å². The van der Waals surface area contributed by atoms with E-state index in [1.54, 1.807) is 22.9 Å². The molecule has 1 aromatic carbocycles. The number of pyridine rings is 1. The van der Waals surface area contributed by atoms with Crippen molar-refractivity contribution in [3.8, 4) is 5.75 Å². The quantitative estimate of drug-likeness (QED) is 0.817. The number of nitrogen functional groups attached to an aromatic ring is 1. The molecule has 2 rings (SSSR count). The summed E-state index contributed by atoms with van der Waals surface area (Å²) in [6, 6.07) is 13.0. The molecule has 0 spiro atoms. The van der Waals surface area contributed by atoms with Crippen LogP contribution in [0, 0.1) is 0 Å². The van der Waals surface area contributed by atoms with Gasteiger partial charge in [0.15, 0.2) is 0 Å². The van der Waals surface area contributed by atoms with Gasteiger partial charge in [-0.2, -0.15) is 0 Å². The summed E-state index contributed by atoms with van der Waals surface area (Å²) < 4.78 is 7.15. The van der Waals surface area contributed by atoms with E-state index in [4.69, 9.17) is 10.5 Å². The topological polar surface area (TPSA) is 57.2 Å². The Labute approximate surface area is 106 Å². The second-order valence-electron chi connectivity index (χ2n) is 3.98. The summed E-state index contributed by atoms with van der Waals surface area (Å²) in [6.45, 7) is 1.18. The Morgan fingerprint density at radius 2 is 1.89 bits per heavy atom. The Hall–Kier alpha value is -2.23. The minimum atomic E-state index is -0.141. The molecule has 0 bridgehead atoms. The van der Waals surface area contributed by atoms with Crippen molar-refractivity contribution in [1.82, 2.24) is 4.57 Å². The fourth-order valence-electron chi connectivity index (χ4n) is 1.67. The summed E-state index contributed by atoms with van der Waals surface area (Å²) in [5.41, 5.74) is 5.69. The highest BCUT2D eigenvalue weighted by Crippen LogP contribution is 2.08. The van der Waals surface area contributed by atoms with Gasteiger partial charge in [0, 0.05) is 12.7 Å². The number of nitrogens with zero attached hydrogens (tertiary/aromatic N) is 1. The lowest BCUT2D eigenvalue weighted by Crippen LogP contribution is -2.22. The van der Waals surface area contributed by atoms with Crippen LogP contribution in [0.1, 0.15) is 6.42 Å². The first kappa shape index (κ1) is 12.2. The summed E-state index contributed by atoms with van der Waals surface area (Å²) in [4.78, 5) is 11.6. The second-order valence-corrected chi connectivity index (χ2v) is 3.98. The lowest BCUT2D eigenvalue weighted by Gasteiger charge is -2.08. The highest BCUT2D eigenvalue weighted by Gasteiger charge is 1.99. The third-order valence-electron chi connectivity index (χ3n) is 2.60. The van der Waals surface area contributed by atoms with Gasteiger partial charge in [-0.3, -0.25) is 4.79 Å². The van der Waals surface area contributed by atoms with Gasteiger partial charge < -0.3 is 15.0 Å². The van der Waals surface area contributed by atoms with E-state index in [-0.39, 0.29) is 11.2 Å². The van der Waals surface area contributed by atoms with Gasteiger partial charge >= 0.3 is 0 Å². The lowest BCUT2D eigenvalue weighted by atomic mass is 10.3. The summed E-state index contributed by atoms with van der Waals surface area (Å²) >= 11 is 0. The van der Waals surface area contributed by atoms with E-state index in [1.165, 1.54) is 0 Å². The smallest absolute Gasteiger partial charge is 0.273 e. The minimum Gasteiger partial charge on any atom is -0.494 e. The number of rotatable bonds is 5. The summed E-state index contributed by atoms with van der Waals surface area (Å²) in [5, 5.41) is 0. The van der Waals surface area contributed by atoms with E-state index < -0.39 is 0 Å². The Balaban J connectivity index is 1.82. The zero-order valence-corrected chi connectivity index (χ0v) is 10.1. The number of aromatic nitrogens is 1. The molecule has 1 aromatic heterocycles. The third-order valence-corrected chi connectivity index (χ3v) is 2.60. The van der Waals surface area contributed by atoms with Crippen molar-refractivity contribution in [2.45, 2.75) is 13.0 Å². The van der Waals surface area contributed by atoms with Crippen molar-refractivity contribution in [3.63, 3.8) is 0 Å².